The summed E-state index contributed by atoms with van der Waals surface area (Å²) in [5, 5.41) is 1.99. The zero-order valence-corrected chi connectivity index (χ0v) is 14.6. The Labute approximate surface area is 143 Å². The molecule has 2 nitrogen and oxygen atoms in total. The fraction of sp³-hybridized carbons (Fsp3) is 0.0833. The number of alkyl halides is 3. The van der Waals surface area contributed by atoms with E-state index in [2.05, 4.69) is 37.2 Å². The van der Waals surface area contributed by atoms with Crippen molar-refractivity contribution in [3.63, 3.8) is 0 Å². The average molecular weight is 464 g/mol. The van der Waals surface area contributed by atoms with Crippen molar-refractivity contribution in [2.45, 2.75) is 6.18 Å². The molecule has 0 aliphatic heterocycles. The van der Waals surface area contributed by atoms with Crippen molar-refractivity contribution in [3.05, 3.63) is 48.0 Å². The summed E-state index contributed by atoms with van der Waals surface area (Å²) < 4.78 is 39.6. The van der Waals surface area contributed by atoms with Crippen molar-refractivity contribution in [2.24, 2.45) is 0 Å². The number of anilines is 1. The highest BCUT2D eigenvalue weighted by molar-refractivity contribution is 9.12. The molecule has 0 radical (unpaired) electrons. The van der Waals surface area contributed by atoms with Crippen LogP contribution < -0.4 is 5.32 Å². The second-order valence-electron chi connectivity index (χ2n) is 3.88. The number of hydrogen-bond acceptors (Lipinski definition) is 2. The quantitative estimate of drug-likeness (QED) is 0.565. The summed E-state index contributed by atoms with van der Waals surface area (Å²) in [7, 11) is 0. The van der Waals surface area contributed by atoms with Gasteiger partial charge in [0.2, 0.25) is 0 Å². The third-order valence-corrected chi connectivity index (χ3v) is 5.10. The van der Waals surface area contributed by atoms with Crippen LogP contribution in [0.15, 0.2) is 31.8 Å². The van der Waals surface area contributed by atoms with Gasteiger partial charge in [-0.2, -0.15) is 13.2 Å². The Morgan fingerprint density at radius 3 is 2.43 bits per heavy atom. The number of halogens is 6. The van der Waals surface area contributed by atoms with Crippen molar-refractivity contribution in [2.75, 3.05) is 5.32 Å². The lowest BCUT2D eigenvalue weighted by Gasteiger charge is -2.11. The molecule has 2 rings (SSSR count). The molecule has 1 aromatic carbocycles. The SMILES string of the molecule is O=C(Nc1ccc(Cl)c(C(F)(F)F)c1)c1cc(Br)sc1Br. The van der Waals surface area contributed by atoms with Gasteiger partial charge in [-0.3, -0.25) is 4.79 Å². The second kappa shape index (κ2) is 6.28. The molecule has 0 fully saturated rings. The molecule has 21 heavy (non-hydrogen) atoms. The molecule has 9 heteroatoms. The Kier molecular flexibility index (Phi) is 5.02. The largest absolute Gasteiger partial charge is 0.417 e. The van der Waals surface area contributed by atoms with Crippen LogP contribution in [0, 0.1) is 0 Å². The van der Waals surface area contributed by atoms with E-state index in [9.17, 15) is 18.0 Å². The van der Waals surface area contributed by atoms with E-state index in [1.807, 2.05) is 0 Å². The molecule has 1 N–H and O–H groups in total. The summed E-state index contributed by atoms with van der Waals surface area (Å²) in [4.78, 5) is 12.0. The number of carbonyl (C=O) groups excluding carboxylic acids is 1. The number of hydrogen-bond donors (Lipinski definition) is 1. The van der Waals surface area contributed by atoms with Gasteiger partial charge in [-0.15, -0.1) is 11.3 Å². The van der Waals surface area contributed by atoms with Crippen LogP contribution in [0.1, 0.15) is 15.9 Å². The summed E-state index contributed by atoms with van der Waals surface area (Å²) in [6.45, 7) is 0. The van der Waals surface area contributed by atoms with E-state index in [0.717, 1.165) is 15.9 Å². The molecule has 1 amide bonds. The molecule has 1 heterocycles. The minimum atomic E-state index is -4.58. The van der Waals surface area contributed by atoms with E-state index in [1.165, 1.54) is 17.4 Å². The Morgan fingerprint density at radius 2 is 1.90 bits per heavy atom. The zero-order chi connectivity index (χ0) is 15.8. The Morgan fingerprint density at radius 1 is 1.24 bits per heavy atom. The third-order valence-electron chi connectivity index (χ3n) is 2.43. The standard InChI is InChI=1S/C12H5Br2ClF3NOS/c13-9-4-6(10(14)21-9)11(20)19-5-1-2-8(15)7(3-5)12(16,17)18/h1-4H,(H,19,20). The maximum Gasteiger partial charge on any atom is 0.417 e. The number of carbonyl (C=O) groups is 1. The van der Waals surface area contributed by atoms with E-state index in [4.69, 9.17) is 11.6 Å². The van der Waals surface area contributed by atoms with E-state index >= 15 is 0 Å². The zero-order valence-electron chi connectivity index (χ0n) is 9.89. The van der Waals surface area contributed by atoms with Crippen LogP contribution in [0.5, 0.6) is 0 Å². The Hall–Kier alpha value is -0.570. The summed E-state index contributed by atoms with van der Waals surface area (Å²) in [5.41, 5.74) is -0.645. The molecule has 0 aliphatic rings. The first-order valence-electron chi connectivity index (χ1n) is 5.31. The fourth-order valence-corrected chi connectivity index (χ4v) is 4.53. The molecule has 1 aromatic heterocycles. The topological polar surface area (TPSA) is 29.1 Å². The molecule has 0 spiro atoms. The number of thiophene rings is 1. The predicted molar refractivity (Wildman–Crippen MR) is 84.1 cm³/mol. The minimum absolute atomic E-state index is 0.0194. The van der Waals surface area contributed by atoms with Gasteiger partial charge in [0.25, 0.3) is 5.91 Å². The van der Waals surface area contributed by atoms with Crippen molar-refractivity contribution in [1.29, 1.82) is 0 Å². The van der Waals surface area contributed by atoms with Crippen molar-refractivity contribution < 1.29 is 18.0 Å². The number of nitrogens with one attached hydrogen (secondary N) is 1. The van der Waals surface area contributed by atoms with E-state index in [1.54, 1.807) is 6.07 Å². The lowest BCUT2D eigenvalue weighted by Crippen LogP contribution is -2.13. The number of amides is 1. The molecule has 0 unspecified atom stereocenters. The molecule has 0 atom stereocenters. The summed E-state index contributed by atoms with van der Waals surface area (Å²) in [5.74, 6) is -0.515. The first kappa shape index (κ1) is 16.8. The van der Waals surface area contributed by atoms with Gasteiger partial charge in [0.05, 0.1) is 23.7 Å². The predicted octanol–water partition coefficient (Wildman–Crippen LogP) is 6.20. The molecule has 0 saturated heterocycles. The third kappa shape index (κ3) is 4.00. The molecule has 0 bridgehead atoms. The summed E-state index contributed by atoms with van der Waals surface area (Å²) in [6, 6.07) is 4.78. The molecular weight excluding hydrogens is 458 g/mol. The van der Waals surface area contributed by atoms with Gasteiger partial charge in [-0.25, -0.2) is 0 Å². The first-order valence-corrected chi connectivity index (χ1v) is 8.09. The maximum absolute atomic E-state index is 12.7. The van der Waals surface area contributed by atoms with Crippen LogP contribution in [0.4, 0.5) is 18.9 Å². The highest BCUT2D eigenvalue weighted by Crippen LogP contribution is 2.37. The van der Waals surface area contributed by atoms with Crippen molar-refractivity contribution >= 4 is 66.4 Å². The number of benzene rings is 1. The van der Waals surface area contributed by atoms with Crippen molar-refractivity contribution in [3.8, 4) is 0 Å². The minimum Gasteiger partial charge on any atom is -0.322 e. The normalized spacial score (nSPS) is 11.5. The van der Waals surface area contributed by atoms with Crippen LogP contribution in [0.2, 0.25) is 5.02 Å². The highest BCUT2D eigenvalue weighted by atomic mass is 79.9. The summed E-state index contributed by atoms with van der Waals surface area (Å²) in [6.07, 6.45) is -4.58. The van der Waals surface area contributed by atoms with Crippen LogP contribution in [0.25, 0.3) is 0 Å². The second-order valence-corrected chi connectivity index (χ2v) is 8.04. The van der Waals surface area contributed by atoms with Gasteiger partial charge in [0.1, 0.15) is 0 Å². The van der Waals surface area contributed by atoms with Crippen LogP contribution in [0.3, 0.4) is 0 Å². The van der Waals surface area contributed by atoms with Gasteiger partial charge in [-0.05, 0) is 56.1 Å². The van der Waals surface area contributed by atoms with Gasteiger partial charge < -0.3 is 5.32 Å². The van der Waals surface area contributed by atoms with Gasteiger partial charge >= 0.3 is 6.18 Å². The van der Waals surface area contributed by atoms with Gasteiger partial charge in [0.15, 0.2) is 0 Å². The van der Waals surface area contributed by atoms with E-state index in [0.29, 0.717) is 9.35 Å². The monoisotopic (exact) mass is 461 g/mol. The van der Waals surface area contributed by atoms with Crippen LogP contribution in [-0.4, -0.2) is 5.91 Å². The van der Waals surface area contributed by atoms with E-state index < -0.39 is 22.7 Å². The first-order chi connectivity index (χ1) is 9.68. The van der Waals surface area contributed by atoms with Gasteiger partial charge in [0, 0.05) is 5.69 Å². The summed E-state index contributed by atoms with van der Waals surface area (Å²) >= 11 is 13.2. The van der Waals surface area contributed by atoms with Gasteiger partial charge in [-0.1, -0.05) is 11.6 Å². The Balaban J connectivity index is 2.28. The van der Waals surface area contributed by atoms with E-state index in [-0.39, 0.29) is 5.69 Å². The lowest BCUT2D eigenvalue weighted by atomic mass is 10.2. The average Bonchev–Trinajstić information content (AvgIpc) is 2.69. The molecule has 2 aromatic rings. The fourth-order valence-electron chi connectivity index (χ4n) is 1.51. The van der Waals surface area contributed by atoms with Crippen molar-refractivity contribution in [1.82, 2.24) is 0 Å². The smallest absolute Gasteiger partial charge is 0.322 e. The van der Waals surface area contributed by atoms with Crippen LogP contribution >= 0.6 is 54.8 Å². The molecule has 0 aliphatic carbocycles. The highest BCUT2D eigenvalue weighted by Gasteiger charge is 2.33. The lowest BCUT2D eigenvalue weighted by molar-refractivity contribution is -0.137. The van der Waals surface area contributed by atoms with Crippen LogP contribution in [-0.2, 0) is 6.18 Å². The number of rotatable bonds is 2. The molecule has 0 saturated carbocycles. The molecular formula is C12H5Br2ClF3NOS. The maximum atomic E-state index is 12.7. The molecule has 112 valence electrons. The Bertz CT molecular complexity index is 702.